The normalized spacial score (nSPS) is 15.4. The molecule has 0 aromatic heterocycles. The number of para-hydroxylation sites is 1. The van der Waals surface area contributed by atoms with Gasteiger partial charge in [0.2, 0.25) is 0 Å². The number of methoxy groups -OCH3 is 1. The number of halogens is 1. The average molecular weight is 564 g/mol. The molecule has 0 saturated carbocycles. The summed E-state index contributed by atoms with van der Waals surface area (Å²) in [6.45, 7) is 4.80. The fourth-order valence-electron chi connectivity index (χ4n) is 3.35. The minimum Gasteiger partial charge on any atom is -0.490 e. The van der Waals surface area contributed by atoms with Crippen molar-refractivity contribution in [2.24, 2.45) is 0 Å². The van der Waals surface area contributed by atoms with E-state index in [0.717, 1.165) is 13.4 Å². The molecule has 1 aliphatic rings. The number of hydrogen-bond donors (Lipinski definition) is 0. The van der Waals surface area contributed by atoms with Gasteiger partial charge in [0.25, 0.3) is 11.8 Å². The Labute approximate surface area is 206 Å². The summed E-state index contributed by atoms with van der Waals surface area (Å²) in [4.78, 5) is 41.6. The van der Waals surface area contributed by atoms with Gasteiger partial charge in [-0.1, -0.05) is 18.2 Å². The van der Waals surface area contributed by atoms with Crippen molar-refractivity contribution in [1.82, 2.24) is 4.90 Å². The van der Waals surface area contributed by atoms with Crippen LogP contribution in [0.25, 0.3) is 6.08 Å². The van der Waals surface area contributed by atoms with Gasteiger partial charge in [-0.15, -0.1) is 0 Å². The van der Waals surface area contributed by atoms with E-state index in [0.29, 0.717) is 36.0 Å². The molecule has 0 aliphatic carbocycles. The Bertz CT molecular complexity index is 1070. The number of imide groups is 2. The van der Waals surface area contributed by atoms with Crippen molar-refractivity contribution in [2.75, 3.05) is 38.4 Å². The van der Waals surface area contributed by atoms with Crippen LogP contribution in [-0.4, -0.2) is 56.2 Å². The van der Waals surface area contributed by atoms with Gasteiger partial charge in [-0.3, -0.25) is 14.5 Å². The zero-order chi connectivity index (χ0) is 24.0. The van der Waals surface area contributed by atoms with Gasteiger partial charge < -0.3 is 14.2 Å². The molecule has 1 saturated heterocycles. The van der Waals surface area contributed by atoms with Crippen LogP contribution in [0.1, 0.15) is 19.4 Å². The molecule has 174 valence electrons. The lowest BCUT2D eigenvalue weighted by Crippen LogP contribution is -2.57. The Morgan fingerprint density at radius 2 is 1.67 bits per heavy atom. The Balaban J connectivity index is 2.10. The quantitative estimate of drug-likeness (QED) is 0.259. The summed E-state index contributed by atoms with van der Waals surface area (Å²) in [5.41, 5.74) is 0.832. The highest BCUT2D eigenvalue weighted by molar-refractivity contribution is 14.1. The van der Waals surface area contributed by atoms with Crippen LogP contribution in [0.4, 0.5) is 10.5 Å². The molecule has 33 heavy (non-hydrogen) atoms. The van der Waals surface area contributed by atoms with Gasteiger partial charge in [-0.05, 0) is 72.3 Å². The molecule has 2 aromatic carbocycles. The first-order chi connectivity index (χ1) is 15.9. The lowest BCUT2D eigenvalue weighted by atomic mass is 10.0. The fraction of sp³-hybridized carbons (Fsp3) is 0.292. The first-order valence-electron chi connectivity index (χ1n) is 10.5. The molecule has 0 bridgehead atoms. The smallest absolute Gasteiger partial charge is 0.338 e. The van der Waals surface area contributed by atoms with E-state index >= 15 is 0 Å². The molecule has 4 amide bonds. The maximum absolute atomic E-state index is 13.3. The molecule has 1 heterocycles. The third kappa shape index (κ3) is 5.36. The van der Waals surface area contributed by atoms with Crippen molar-refractivity contribution in [3.63, 3.8) is 0 Å². The lowest BCUT2D eigenvalue weighted by Gasteiger charge is -2.33. The standard InChI is InChI=1S/C24H25IN2O6/c1-4-32-20-15-16(14-19(25)21(20)33-5-2)13-18-22(28)26(11-12-31-3)24(30)27(23(18)29)17-9-7-6-8-10-17/h6-10,13-15H,4-5,11-12H2,1-3H3/b18-13-. The molecule has 2 aromatic rings. The van der Waals surface area contributed by atoms with Gasteiger partial charge in [0.15, 0.2) is 11.5 Å². The minimum absolute atomic E-state index is 0.0210. The van der Waals surface area contributed by atoms with Crippen LogP contribution in [0, 0.1) is 3.57 Å². The molecule has 0 atom stereocenters. The maximum Gasteiger partial charge on any atom is 0.338 e. The lowest BCUT2D eigenvalue weighted by molar-refractivity contribution is -0.129. The summed E-state index contributed by atoms with van der Waals surface area (Å²) in [5.74, 6) is -0.241. The average Bonchev–Trinajstić information content (AvgIpc) is 2.80. The number of nitrogens with zero attached hydrogens (tertiary/aromatic N) is 2. The van der Waals surface area contributed by atoms with Crippen molar-refractivity contribution < 1.29 is 28.6 Å². The van der Waals surface area contributed by atoms with Gasteiger partial charge >= 0.3 is 6.03 Å². The van der Waals surface area contributed by atoms with Crippen LogP contribution in [0.3, 0.4) is 0 Å². The number of amides is 4. The monoisotopic (exact) mass is 564 g/mol. The third-order valence-electron chi connectivity index (χ3n) is 4.80. The zero-order valence-electron chi connectivity index (χ0n) is 18.7. The number of anilines is 1. The number of barbiturate groups is 1. The van der Waals surface area contributed by atoms with Crippen LogP contribution >= 0.6 is 22.6 Å². The SMILES string of the molecule is CCOc1cc(/C=C2/C(=O)N(CCOC)C(=O)N(c3ccccc3)C2=O)cc(I)c1OCC. The van der Waals surface area contributed by atoms with Crippen molar-refractivity contribution in [1.29, 1.82) is 0 Å². The second-order valence-electron chi connectivity index (χ2n) is 6.96. The topological polar surface area (TPSA) is 85.4 Å². The van der Waals surface area contributed by atoms with Crippen LogP contribution in [0.15, 0.2) is 48.0 Å². The van der Waals surface area contributed by atoms with Crippen molar-refractivity contribution in [3.05, 3.63) is 57.2 Å². The van der Waals surface area contributed by atoms with Gasteiger partial charge in [0.05, 0.1) is 35.6 Å². The van der Waals surface area contributed by atoms with Crippen molar-refractivity contribution >= 4 is 52.2 Å². The molecule has 1 fully saturated rings. The first-order valence-corrected chi connectivity index (χ1v) is 11.6. The Morgan fingerprint density at radius 3 is 2.30 bits per heavy atom. The van der Waals surface area contributed by atoms with Gasteiger partial charge in [0, 0.05) is 7.11 Å². The summed E-state index contributed by atoms with van der Waals surface area (Å²) in [6.07, 6.45) is 1.48. The molecular weight excluding hydrogens is 539 g/mol. The summed E-state index contributed by atoms with van der Waals surface area (Å²) in [6, 6.07) is 11.3. The Kier molecular flexibility index (Phi) is 8.45. The van der Waals surface area contributed by atoms with Gasteiger partial charge in [-0.2, -0.15) is 0 Å². The number of urea groups is 1. The van der Waals surface area contributed by atoms with E-state index in [2.05, 4.69) is 22.6 Å². The summed E-state index contributed by atoms with van der Waals surface area (Å²) in [5, 5.41) is 0. The number of ether oxygens (including phenoxy) is 3. The van der Waals surface area contributed by atoms with E-state index in [1.807, 2.05) is 13.8 Å². The number of carbonyl (C=O) groups is 3. The van der Waals surface area contributed by atoms with E-state index in [1.54, 1.807) is 42.5 Å². The van der Waals surface area contributed by atoms with Crippen LogP contribution in [0.2, 0.25) is 0 Å². The number of hydrogen-bond acceptors (Lipinski definition) is 6. The molecule has 3 rings (SSSR count). The van der Waals surface area contributed by atoms with E-state index < -0.39 is 17.8 Å². The van der Waals surface area contributed by atoms with Crippen LogP contribution in [-0.2, 0) is 14.3 Å². The predicted molar refractivity (Wildman–Crippen MR) is 132 cm³/mol. The minimum atomic E-state index is -0.707. The van der Waals surface area contributed by atoms with E-state index in [-0.39, 0.29) is 18.7 Å². The molecular formula is C24H25IN2O6. The third-order valence-corrected chi connectivity index (χ3v) is 5.60. The summed E-state index contributed by atoms with van der Waals surface area (Å²) >= 11 is 2.12. The highest BCUT2D eigenvalue weighted by atomic mass is 127. The molecule has 0 unspecified atom stereocenters. The summed E-state index contributed by atoms with van der Waals surface area (Å²) in [7, 11) is 1.48. The number of rotatable bonds is 9. The summed E-state index contributed by atoms with van der Waals surface area (Å²) < 4.78 is 17.2. The second kappa shape index (κ2) is 11.3. The molecule has 9 heteroatoms. The fourth-order valence-corrected chi connectivity index (χ4v) is 4.13. The van der Waals surface area contributed by atoms with E-state index in [9.17, 15) is 14.4 Å². The van der Waals surface area contributed by atoms with Crippen LogP contribution < -0.4 is 14.4 Å². The Hall–Kier alpha value is -2.92. The van der Waals surface area contributed by atoms with Crippen molar-refractivity contribution in [3.8, 4) is 11.5 Å². The van der Waals surface area contributed by atoms with Crippen molar-refractivity contribution in [2.45, 2.75) is 13.8 Å². The molecule has 8 nitrogen and oxygen atoms in total. The largest absolute Gasteiger partial charge is 0.490 e. The Morgan fingerprint density at radius 1 is 0.970 bits per heavy atom. The molecule has 1 aliphatic heterocycles. The number of benzene rings is 2. The first kappa shape index (κ1) is 24.7. The van der Waals surface area contributed by atoms with Gasteiger partial charge in [-0.25, -0.2) is 9.69 Å². The van der Waals surface area contributed by atoms with E-state index in [1.165, 1.54) is 13.2 Å². The van der Waals surface area contributed by atoms with Crippen LogP contribution in [0.5, 0.6) is 11.5 Å². The molecule has 0 radical (unpaired) electrons. The highest BCUT2D eigenvalue weighted by Gasteiger charge is 2.42. The second-order valence-corrected chi connectivity index (χ2v) is 8.12. The molecule has 0 N–H and O–H groups in total. The predicted octanol–water partition coefficient (Wildman–Crippen LogP) is 4.11. The zero-order valence-corrected chi connectivity index (χ0v) is 20.8. The highest BCUT2D eigenvalue weighted by Crippen LogP contribution is 2.35. The number of carbonyl (C=O) groups excluding carboxylic acids is 3. The van der Waals surface area contributed by atoms with Gasteiger partial charge in [0.1, 0.15) is 5.57 Å². The molecule has 0 spiro atoms. The van der Waals surface area contributed by atoms with E-state index in [4.69, 9.17) is 14.2 Å². The maximum atomic E-state index is 13.3.